The monoisotopic (exact) mass is 220 g/mol. The number of anilines is 1. The van der Waals surface area contributed by atoms with Gasteiger partial charge in [-0.3, -0.25) is 5.43 Å². The number of esters is 1. The van der Waals surface area contributed by atoms with Crippen LogP contribution in [0, 0.1) is 13.8 Å². The van der Waals surface area contributed by atoms with Crippen LogP contribution in [0.1, 0.15) is 18.1 Å². The van der Waals surface area contributed by atoms with Crippen molar-refractivity contribution >= 4 is 17.9 Å². The number of ether oxygens (including phenoxy) is 1. The van der Waals surface area contributed by atoms with Gasteiger partial charge in [0.05, 0.1) is 12.3 Å². The van der Waals surface area contributed by atoms with E-state index in [4.69, 9.17) is 4.74 Å². The molecule has 1 N–H and O–H groups in total. The van der Waals surface area contributed by atoms with Gasteiger partial charge in [-0.15, -0.1) is 0 Å². The van der Waals surface area contributed by atoms with Crippen LogP contribution in [0.2, 0.25) is 0 Å². The van der Waals surface area contributed by atoms with E-state index in [1.807, 2.05) is 32.0 Å². The Kier molecular flexibility index (Phi) is 4.51. The number of benzene rings is 1. The van der Waals surface area contributed by atoms with Crippen LogP contribution in [0.25, 0.3) is 0 Å². The smallest absolute Gasteiger partial charge is 0.351 e. The molecule has 86 valence electrons. The lowest BCUT2D eigenvalue weighted by molar-refractivity contribution is -0.134. The van der Waals surface area contributed by atoms with Crippen LogP contribution in [0.15, 0.2) is 23.3 Å². The first-order valence-corrected chi connectivity index (χ1v) is 5.16. The van der Waals surface area contributed by atoms with Crippen molar-refractivity contribution < 1.29 is 9.53 Å². The van der Waals surface area contributed by atoms with Crippen LogP contribution < -0.4 is 5.43 Å². The summed E-state index contributed by atoms with van der Waals surface area (Å²) in [5.74, 6) is -0.446. The highest BCUT2D eigenvalue weighted by Crippen LogP contribution is 2.13. The summed E-state index contributed by atoms with van der Waals surface area (Å²) >= 11 is 0. The quantitative estimate of drug-likeness (QED) is 0.481. The number of hydrogen-bond acceptors (Lipinski definition) is 4. The van der Waals surface area contributed by atoms with E-state index in [9.17, 15) is 4.79 Å². The minimum atomic E-state index is -0.446. The Morgan fingerprint density at radius 2 is 2.19 bits per heavy atom. The van der Waals surface area contributed by atoms with Gasteiger partial charge in [0.15, 0.2) is 0 Å². The second-order valence-corrected chi connectivity index (χ2v) is 3.42. The molecule has 16 heavy (non-hydrogen) atoms. The predicted octanol–water partition coefficient (Wildman–Crippen LogP) is 2.26. The van der Waals surface area contributed by atoms with Crippen molar-refractivity contribution in [2.24, 2.45) is 5.10 Å². The number of carbonyl (C=O) groups excluding carboxylic acids is 1. The van der Waals surface area contributed by atoms with Crippen LogP contribution in [-0.4, -0.2) is 18.8 Å². The normalized spacial score (nSPS) is 10.4. The first-order chi connectivity index (χ1) is 7.63. The maximum Gasteiger partial charge on any atom is 0.351 e. The molecule has 0 aliphatic heterocycles. The third kappa shape index (κ3) is 3.73. The fourth-order valence-electron chi connectivity index (χ4n) is 1.15. The standard InChI is InChI=1S/C12H16N2O2/c1-4-16-12(15)8-13-14-11-6-5-9(2)10(3)7-11/h5-8,14H,4H2,1-3H3/b13-8-. The molecule has 0 atom stereocenters. The Morgan fingerprint density at radius 3 is 2.81 bits per heavy atom. The molecule has 1 rings (SSSR count). The number of rotatable bonds is 4. The van der Waals surface area contributed by atoms with Crippen LogP contribution in [-0.2, 0) is 9.53 Å². The molecule has 0 aliphatic carbocycles. The molecule has 4 heteroatoms. The SMILES string of the molecule is CCOC(=O)/C=N\Nc1ccc(C)c(C)c1. The Hall–Kier alpha value is -1.84. The van der Waals surface area contributed by atoms with Crippen LogP contribution in [0.5, 0.6) is 0 Å². The Bertz CT molecular complexity index is 400. The van der Waals surface area contributed by atoms with Gasteiger partial charge in [0.1, 0.15) is 6.21 Å². The van der Waals surface area contributed by atoms with Gasteiger partial charge in [0.25, 0.3) is 0 Å². The average Bonchev–Trinajstić information content (AvgIpc) is 2.24. The Balaban J connectivity index is 2.54. The molecular weight excluding hydrogens is 204 g/mol. The van der Waals surface area contributed by atoms with E-state index < -0.39 is 5.97 Å². The van der Waals surface area contributed by atoms with Gasteiger partial charge >= 0.3 is 5.97 Å². The van der Waals surface area contributed by atoms with E-state index in [0.717, 1.165) is 11.9 Å². The van der Waals surface area contributed by atoms with Gasteiger partial charge in [-0.05, 0) is 44.0 Å². The van der Waals surface area contributed by atoms with Crippen molar-refractivity contribution in [3.8, 4) is 0 Å². The summed E-state index contributed by atoms with van der Waals surface area (Å²) in [5, 5.41) is 3.78. The van der Waals surface area contributed by atoms with Crippen LogP contribution >= 0.6 is 0 Å². The maximum atomic E-state index is 10.9. The maximum absolute atomic E-state index is 10.9. The number of nitrogens with zero attached hydrogens (tertiary/aromatic N) is 1. The van der Waals surface area contributed by atoms with Crippen molar-refractivity contribution in [2.45, 2.75) is 20.8 Å². The van der Waals surface area contributed by atoms with Gasteiger partial charge in [0, 0.05) is 0 Å². The first-order valence-electron chi connectivity index (χ1n) is 5.16. The zero-order valence-electron chi connectivity index (χ0n) is 9.78. The second kappa shape index (κ2) is 5.90. The topological polar surface area (TPSA) is 50.7 Å². The fraction of sp³-hybridized carbons (Fsp3) is 0.333. The highest BCUT2D eigenvalue weighted by molar-refractivity contribution is 6.23. The molecule has 1 aromatic carbocycles. The molecule has 0 saturated carbocycles. The van der Waals surface area contributed by atoms with Crippen LogP contribution in [0.4, 0.5) is 5.69 Å². The zero-order valence-corrected chi connectivity index (χ0v) is 9.78. The lowest BCUT2D eigenvalue weighted by Gasteiger charge is -2.03. The molecule has 4 nitrogen and oxygen atoms in total. The summed E-state index contributed by atoms with van der Waals surface area (Å²) < 4.78 is 4.69. The first kappa shape index (κ1) is 12.2. The average molecular weight is 220 g/mol. The highest BCUT2D eigenvalue weighted by Gasteiger charge is 1.96. The number of carbonyl (C=O) groups is 1. The Labute approximate surface area is 95.3 Å². The van der Waals surface area contributed by atoms with E-state index in [1.54, 1.807) is 6.92 Å². The van der Waals surface area contributed by atoms with Crippen molar-refractivity contribution in [2.75, 3.05) is 12.0 Å². The molecule has 0 spiro atoms. The fourth-order valence-corrected chi connectivity index (χ4v) is 1.15. The predicted molar refractivity (Wildman–Crippen MR) is 64.7 cm³/mol. The van der Waals surface area contributed by atoms with Crippen molar-refractivity contribution in [3.05, 3.63) is 29.3 Å². The molecule has 1 aromatic rings. The molecule has 0 bridgehead atoms. The lowest BCUT2D eigenvalue weighted by Crippen LogP contribution is -2.06. The minimum Gasteiger partial charge on any atom is -0.462 e. The van der Waals surface area contributed by atoms with Gasteiger partial charge in [-0.25, -0.2) is 4.79 Å². The van der Waals surface area contributed by atoms with Gasteiger partial charge in [-0.1, -0.05) is 6.07 Å². The van der Waals surface area contributed by atoms with Gasteiger partial charge in [0.2, 0.25) is 0 Å². The molecule has 0 aliphatic rings. The Morgan fingerprint density at radius 1 is 1.44 bits per heavy atom. The highest BCUT2D eigenvalue weighted by atomic mass is 16.5. The van der Waals surface area contributed by atoms with E-state index in [1.165, 1.54) is 11.1 Å². The molecule has 0 radical (unpaired) electrons. The van der Waals surface area contributed by atoms with Crippen molar-refractivity contribution in [1.82, 2.24) is 0 Å². The molecule has 0 fully saturated rings. The molecular formula is C12H16N2O2. The number of hydrazone groups is 1. The third-order valence-corrected chi connectivity index (χ3v) is 2.16. The summed E-state index contributed by atoms with van der Waals surface area (Å²) in [5.41, 5.74) is 6.02. The summed E-state index contributed by atoms with van der Waals surface area (Å²) in [6.07, 6.45) is 1.12. The van der Waals surface area contributed by atoms with Gasteiger partial charge < -0.3 is 4.74 Å². The van der Waals surface area contributed by atoms with E-state index >= 15 is 0 Å². The zero-order chi connectivity index (χ0) is 12.0. The number of aryl methyl sites for hydroxylation is 2. The largest absolute Gasteiger partial charge is 0.462 e. The van der Waals surface area contributed by atoms with Gasteiger partial charge in [-0.2, -0.15) is 5.10 Å². The third-order valence-electron chi connectivity index (χ3n) is 2.16. The minimum absolute atomic E-state index is 0.356. The van der Waals surface area contributed by atoms with E-state index in [2.05, 4.69) is 10.5 Å². The molecule has 0 aromatic heterocycles. The molecule has 0 saturated heterocycles. The van der Waals surface area contributed by atoms with E-state index in [-0.39, 0.29) is 0 Å². The number of hydrogen-bond donors (Lipinski definition) is 1. The summed E-state index contributed by atoms with van der Waals surface area (Å²) in [4.78, 5) is 10.9. The van der Waals surface area contributed by atoms with Crippen LogP contribution in [0.3, 0.4) is 0 Å². The van der Waals surface area contributed by atoms with E-state index in [0.29, 0.717) is 6.61 Å². The second-order valence-electron chi connectivity index (χ2n) is 3.42. The van der Waals surface area contributed by atoms with Crippen molar-refractivity contribution in [1.29, 1.82) is 0 Å². The summed E-state index contributed by atoms with van der Waals surface area (Å²) in [7, 11) is 0. The summed E-state index contributed by atoms with van der Waals surface area (Å²) in [6.45, 7) is 6.17. The number of nitrogens with one attached hydrogen (secondary N) is 1. The summed E-state index contributed by atoms with van der Waals surface area (Å²) in [6, 6.07) is 5.88. The molecule has 0 heterocycles. The van der Waals surface area contributed by atoms with Crippen molar-refractivity contribution in [3.63, 3.8) is 0 Å². The lowest BCUT2D eigenvalue weighted by atomic mass is 10.1. The molecule has 0 unspecified atom stereocenters. The molecule has 0 amide bonds.